The minimum absolute atomic E-state index is 0.0452. The Morgan fingerprint density at radius 2 is 2.06 bits per heavy atom. The Kier molecular flexibility index (Phi) is 7.33. The highest BCUT2D eigenvalue weighted by atomic mass is 16.5. The van der Waals surface area contributed by atoms with Gasteiger partial charge in [-0.3, -0.25) is 9.69 Å². The Balaban J connectivity index is 1.40. The lowest BCUT2D eigenvalue weighted by atomic mass is 9.90. The van der Waals surface area contributed by atoms with E-state index < -0.39 is 0 Å². The van der Waals surface area contributed by atoms with Crippen LogP contribution in [0.15, 0.2) is 29.3 Å². The Bertz CT molecular complexity index is 951. The van der Waals surface area contributed by atoms with Crippen molar-refractivity contribution in [2.45, 2.75) is 25.8 Å². The molecular weight excluding hydrogens is 408 g/mol. The molecule has 1 aromatic heterocycles. The van der Waals surface area contributed by atoms with Crippen molar-refractivity contribution in [1.29, 1.82) is 0 Å². The Morgan fingerprint density at radius 1 is 1.25 bits per heavy atom. The first-order valence-corrected chi connectivity index (χ1v) is 11.2. The van der Waals surface area contributed by atoms with E-state index in [4.69, 9.17) is 9.73 Å². The molecule has 0 bridgehead atoms. The van der Waals surface area contributed by atoms with Gasteiger partial charge in [0.05, 0.1) is 13.2 Å². The van der Waals surface area contributed by atoms with E-state index in [0.717, 1.165) is 62.3 Å². The molecule has 1 amide bonds. The molecule has 0 saturated carbocycles. The van der Waals surface area contributed by atoms with Crippen LogP contribution in [0.5, 0.6) is 0 Å². The zero-order valence-corrected chi connectivity index (χ0v) is 18.8. The number of benzene rings is 1. The van der Waals surface area contributed by atoms with Crippen molar-refractivity contribution in [3.63, 3.8) is 0 Å². The van der Waals surface area contributed by atoms with Gasteiger partial charge in [0, 0.05) is 57.8 Å². The molecule has 2 aliphatic heterocycles. The molecule has 1 fully saturated rings. The molecule has 0 aliphatic carbocycles. The van der Waals surface area contributed by atoms with Gasteiger partial charge in [0.1, 0.15) is 12.4 Å². The first kappa shape index (κ1) is 22.2. The summed E-state index contributed by atoms with van der Waals surface area (Å²) in [5.41, 5.74) is 2.04. The molecule has 3 heterocycles. The number of ether oxygens (including phenoxy) is 1. The number of aromatic nitrogens is 3. The number of nitrogens with one attached hydrogen (secondary N) is 3. The van der Waals surface area contributed by atoms with Crippen LogP contribution in [0.2, 0.25) is 0 Å². The van der Waals surface area contributed by atoms with Gasteiger partial charge >= 0.3 is 0 Å². The number of nitrogens with zero attached hydrogens (tertiary/aromatic N) is 5. The quantitative estimate of drug-likeness (QED) is 0.428. The zero-order valence-electron chi connectivity index (χ0n) is 18.8. The highest BCUT2D eigenvalue weighted by molar-refractivity contribution is 5.94. The molecule has 10 nitrogen and oxygen atoms in total. The summed E-state index contributed by atoms with van der Waals surface area (Å²) in [6.07, 6.45) is 0.452. The topological polar surface area (TPSA) is 109 Å². The highest BCUT2D eigenvalue weighted by Crippen LogP contribution is 2.31. The van der Waals surface area contributed by atoms with Gasteiger partial charge in [-0.15, -0.1) is 10.2 Å². The van der Waals surface area contributed by atoms with E-state index in [-0.39, 0.29) is 11.8 Å². The van der Waals surface area contributed by atoms with E-state index in [1.54, 1.807) is 0 Å². The van der Waals surface area contributed by atoms with Gasteiger partial charge in [0.15, 0.2) is 11.8 Å². The van der Waals surface area contributed by atoms with E-state index in [2.05, 4.69) is 37.1 Å². The molecule has 4 rings (SSSR count). The molecule has 10 heteroatoms. The Morgan fingerprint density at radius 3 is 2.84 bits per heavy atom. The summed E-state index contributed by atoms with van der Waals surface area (Å²) >= 11 is 0. The van der Waals surface area contributed by atoms with Gasteiger partial charge < -0.3 is 25.3 Å². The van der Waals surface area contributed by atoms with Crippen molar-refractivity contribution in [3.8, 4) is 0 Å². The number of hydrogen-bond acceptors (Lipinski definition) is 6. The normalized spacial score (nSPS) is 19.4. The van der Waals surface area contributed by atoms with Crippen molar-refractivity contribution in [1.82, 2.24) is 30.3 Å². The lowest BCUT2D eigenvalue weighted by molar-refractivity contribution is -0.116. The second-order valence-corrected chi connectivity index (χ2v) is 8.19. The summed E-state index contributed by atoms with van der Waals surface area (Å²) < 4.78 is 7.37. The zero-order chi connectivity index (χ0) is 22.3. The van der Waals surface area contributed by atoms with Crippen LogP contribution in [0.3, 0.4) is 0 Å². The fourth-order valence-corrected chi connectivity index (χ4v) is 3.97. The number of aliphatic imine (C=N–C) groups is 1. The lowest BCUT2D eigenvalue weighted by Crippen LogP contribution is -2.45. The molecule has 32 heavy (non-hydrogen) atoms. The van der Waals surface area contributed by atoms with Crippen molar-refractivity contribution >= 4 is 17.6 Å². The molecular formula is C22H32N8O2. The van der Waals surface area contributed by atoms with E-state index in [1.807, 2.05) is 36.7 Å². The number of carbonyl (C=O) groups is 1. The van der Waals surface area contributed by atoms with Gasteiger partial charge in [-0.1, -0.05) is 18.2 Å². The third-order valence-electron chi connectivity index (χ3n) is 6.01. The number of hydrogen-bond donors (Lipinski definition) is 3. The number of para-hydroxylation sites is 1. The predicted molar refractivity (Wildman–Crippen MR) is 123 cm³/mol. The van der Waals surface area contributed by atoms with E-state index in [1.165, 1.54) is 0 Å². The van der Waals surface area contributed by atoms with Gasteiger partial charge in [-0.05, 0) is 18.6 Å². The van der Waals surface area contributed by atoms with Crippen LogP contribution in [-0.4, -0.2) is 77.5 Å². The molecule has 172 valence electrons. The van der Waals surface area contributed by atoms with E-state index >= 15 is 0 Å². The lowest BCUT2D eigenvalue weighted by Gasteiger charge is -2.28. The van der Waals surface area contributed by atoms with Crippen molar-refractivity contribution in [3.05, 3.63) is 41.5 Å². The Labute approximate surface area is 188 Å². The summed E-state index contributed by atoms with van der Waals surface area (Å²) in [5.74, 6) is 2.50. The third-order valence-corrected chi connectivity index (χ3v) is 6.01. The summed E-state index contributed by atoms with van der Waals surface area (Å²) in [7, 11) is 1.94. The number of morpholine rings is 1. The molecule has 2 aliphatic rings. The van der Waals surface area contributed by atoms with E-state index in [9.17, 15) is 4.79 Å². The van der Waals surface area contributed by atoms with Crippen LogP contribution in [0, 0.1) is 6.92 Å². The number of amides is 1. The minimum atomic E-state index is 0.0452. The first-order valence-electron chi connectivity index (χ1n) is 11.2. The smallest absolute Gasteiger partial charge is 0.225 e. The summed E-state index contributed by atoms with van der Waals surface area (Å²) in [5, 5.41) is 18.2. The number of aryl methyl sites for hydroxylation is 1. The summed E-state index contributed by atoms with van der Waals surface area (Å²) in [4.78, 5) is 19.3. The number of carbonyl (C=O) groups excluding carboxylic acids is 1. The van der Waals surface area contributed by atoms with Crippen LogP contribution < -0.4 is 16.0 Å². The maximum absolute atomic E-state index is 12.2. The van der Waals surface area contributed by atoms with Gasteiger partial charge in [-0.25, -0.2) is 4.99 Å². The predicted octanol–water partition coefficient (Wildman–Crippen LogP) is 0.617. The highest BCUT2D eigenvalue weighted by Gasteiger charge is 2.24. The molecule has 0 spiro atoms. The SMILES string of the molecule is Cc1nnc(CN=C(NCCN2CCOCC2)NCC2CC(=O)Nc3ccccc32)n1C. The first-order chi connectivity index (χ1) is 15.6. The standard InChI is InChI=1S/C22H32N8O2/c1-16-27-28-20(29(16)2)15-25-22(23-7-8-30-9-11-32-12-10-30)24-14-17-13-21(31)26-19-6-4-3-5-18(17)19/h3-6,17H,7-15H2,1-2H3,(H,26,31)(H2,23,24,25). The molecule has 3 N–H and O–H groups in total. The third kappa shape index (κ3) is 5.63. The summed E-state index contributed by atoms with van der Waals surface area (Å²) in [6, 6.07) is 7.98. The van der Waals surface area contributed by atoms with Crippen LogP contribution in [0.25, 0.3) is 0 Å². The van der Waals surface area contributed by atoms with Gasteiger partial charge in [0.2, 0.25) is 5.91 Å². The molecule has 1 atom stereocenters. The fraction of sp³-hybridized carbons (Fsp3) is 0.545. The maximum atomic E-state index is 12.2. The van der Waals surface area contributed by atoms with Crippen molar-refractivity contribution in [2.75, 3.05) is 51.3 Å². The number of guanidine groups is 1. The van der Waals surface area contributed by atoms with Crippen LogP contribution in [0.4, 0.5) is 5.69 Å². The second kappa shape index (κ2) is 10.6. The molecule has 2 aromatic rings. The average Bonchev–Trinajstić information content (AvgIpc) is 3.13. The number of rotatable bonds is 7. The molecule has 1 unspecified atom stereocenters. The van der Waals surface area contributed by atoms with Crippen LogP contribution in [-0.2, 0) is 23.1 Å². The second-order valence-electron chi connectivity index (χ2n) is 8.19. The van der Waals surface area contributed by atoms with Gasteiger partial charge in [0.25, 0.3) is 0 Å². The van der Waals surface area contributed by atoms with Crippen molar-refractivity contribution < 1.29 is 9.53 Å². The number of anilines is 1. The van der Waals surface area contributed by atoms with Crippen LogP contribution >= 0.6 is 0 Å². The van der Waals surface area contributed by atoms with Gasteiger partial charge in [-0.2, -0.15) is 0 Å². The average molecular weight is 441 g/mol. The Hall–Kier alpha value is -2.98. The largest absolute Gasteiger partial charge is 0.379 e. The molecule has 0 radical (unpaired) electrons. The van der Waals surface area contributed by atoms with E-state index in [0.29, 0.717) is 25.5 Å². The fourth-order valence-electron chi connectivity index (χ4n) is 3.97. The molecule has 1 aromatic carbocycles. The van der Waals surface area contributed by atoms with Crippen LogP contribution in [0.1, 0.15) is 29.6 Å². The minimum Gasteiger partial charge on any atom is -0.379 e. The maximum Gasteiger partial charge on any atom is 0.225 e. The monoisotopic (exact) mass is 440 g/mol. The summed E-state index contributed by atoms with van der Waals surface area (Å²) in [6.45, 7) is 8.12. The van der Waals surface area contributed by atoms with Crippen molar-refractivity contribution in [2.24, 2.45) is 12.0 Å². The molecule has 1 saturated heterocycles. The number of fused-ring (bicyclic) bond motifs is 1.